The third kappa shape index (κ3) is 3.94. The van der Waals surface area contributed by atoms with Gasteiger partial charge in [-0.3, -0.25) is 0 Å². The molecule has 2 aromatic rings. The van der Waals surface area contributed by atoms with E-state index in [0.29, 0.717) is 17.3 Å². The van der Waals surface area contributed by atoms with E-state index in [1.54, 1.807) is 23.6 Å². The molecular formula is C13H14ClN3OS. The van der Waals surface area contributed by atoms with Gasteiger partial charge in [0.2, 0.25) is 0 Å². The van der Waals surface area contributed by atoms with Crippen LogP contribution < -0.4 is 10.6 Å². The highest BCUT2D eigenvalue weighted by Gasteiger charge is 2.06. The minimum Gasteiger partial charge on any atom is -0.333 e. The lowest BCUT2D eigenvalue weighted by Crippen LogP contribution is -2.27. The van der Waals surface area contributed by atoms with Crippen LogP contribution in [0.2, 0.25) is 5.02 Å². The molecule has 1 aromatic carbocycles. The summed E-state index contributed by atoms with van der Waals surface area (Å²) in [5.41, 5.74) is 1.65. The number of aromatic nitrogens is 1. The maximum atomic E-state index is 11.7. The number of nitrogens with zero attached hydrogens (tertiary/aromatic N) is 1. The van der Waals surface area contributed by atoms with Crippen LogP contribution in [-0.4, -0.2) is 11.0 Å². The summed E-state index contributed by atoms with van der Waals surface area (Å²) in [5.74, 6) is 0. The van der Waals surface area contributed by atoms with Crippen molar-refractivity contribution in [1.29, 1.82) is 0 Å². The van der Waals surface area contributed by atoms with Crippen LogP contribution in [0.4, 0.5) is 10.5 Å². The molecule has 0 spiro atoms. The number of halogens is 1. The zero-order valence-electron chi connectivity index (χ0n) is 10.7. The number of urea groups is 1. The Hall–Kier alpha value is -1.59. The highest BCUT2D eigenvalue weighted by molar-refractivity contribution is 7.11. The van der Waals surface area contributed by atoms with Gasteiger partial charge in [-0.25, -0.2) is 9.78 Å². The topological polar surface area (TPSA) is 54.0 Å². The van der Waals surface area contributed by atoms with Crippen LogP contribution in [0.1, 0.15) is 15.4 Å². The van der Waals surface area contributed by atoms with Gasteiger partial charge in [0.1, 0.15) is 0 Å². The Morgan fingerprint density at radius 1 is 1.42 bits per heavy atom. The fraction of sp³-hybridized carbons (Fsp3) is 0.231. The Labute approximate surface area is 120 Å². The summed E-state index contributed by atoms with van der Waals surface area (Å²) in [7, 11) is 0. The third-order valence-corrected chi connectivity index (χ3v) is 3.69. The normalized spacial score (nSPS) is 10.3. The van der Waals surface area contributed by atoms with Gasteiger partial charge in [0.05, 0.1) is 22.3 Å². The van der Waals surface area contributed by atoms with Crippen molar-refractivity contribution in [2.75, 3.05) is 5.32 Å². The minimum atomic E-state index is -0.281. The number of carbonyl (C=O) groups excluding carboxylic acids is 1. The molecule has 0 aliphatic heterocycles. The van der Waals surface area contributed by atoms with Crippen LogP contribution in [0.25, 0.3) is 0 Å². The van der Waals surface area contributed by atoms with E-state index in [9.17, 15) is 4.79 Å². The quantitative estimate of drug-likeness (QED) is 0.906. The van der Waals surface area contributed by atoms with E-state index >= 15 is 0 Å². The number of thiazole rings is 1. The van der Waals surface area contributed by atoms with Gasteiger partial charge in [0.15, 0.2) is 0 Å². The second kappa shape index (κ2) is 6.04. The molecule has 0 atom stereocenters. The fourth-order valence-electron chi connectivity index (χ4n) is 1.54. The van der Waals surface area contributed by atoms with Crippen LogP contribution >= 0.6 is 22.9 Å². The second-order valence-corrected chi connectivity index (χ2v) is 5.86. The molecule has 0 bridgehead atoms. The largest absolute Gasteiger partial charge is 0.333 e. The minimum absolute atomic E-state index is 0.281. The number of amides is 2. The smallest absolute Gasteiger partial charge is 0.319 e. The first-order valence-corrected chi connectivity index (χ1v) is 6.96. The third-order valence-electron chi connectivity index (χ3n) is 2.47. The van der Waals surface area contributed by atoms with Gasteiger partial charge in [-0.05, 0) is 31.5 Å². The standard InChI is InChI=1S/C13H14ClN3OS/c1-8-3-4-12(11(14)5-8)17-13(18)16-7-10-6-15-9(2)19-10/h3-6H,7H2,1-2H3,(H2,16,17,18). The van der Waals surface area contributed by atoms with E-state index in [4.69, 9.17) is 11.6 Å². The van der Waals surface area contributed by atoms with Gasteiger partial charge in [-0.2, -0.15) is 0 Å². The first-order chi connectivity index (χ1) is 9.04. The van der Waals surface area contributed by atoms with Gasteiger partial charge >= 0.3 is 6.03 Å². The number of hydrogen-bond donors (Lipinski definition) is 2. The predicted octanol–water partition coefficient (Wildman–Crippen LogP) is 3.74. The van der Waals surface area contributed by atoms with Crippen LogP contribution in [0.5, 0.6) is 0 Å². The second-order valence-electron chi connectivity index (χ2n) is 4.14. The van der Waals surface area contributed by atoms with Crippen molar-refractivity contribution >= 4 is 34.7 Å². The monoisotopic (exact) mass is 295 g/mol. The Morgan fingerprint density at radius 3 is 2.84 bits per heavy atom. The first kappa shape index (κ1) is 13.8. The van der Waals surface area contributed by atoms with Crippen LogP contribution in [-0.2, 0) is 6.54 Å². The highest BCUT2D eigenvalue weighted by Crippen LogP contribution is 2.22. The zero-order valence-corrected chi connectivity index (χ0v) is 12.2. The number of aryl methyl sites for hydroxylation is 2. The molecule has 2 N–H and O–H groups in total. The van der Waals surface area contributed by atoms with Crippen molar-refractivity contribution in [3.8, 4) is 0 Å². The molecule has 19 heavy (non-hydrogen) atoms. The Kier molecular flexibility index (Phi) is 4.39. The average molecular weight is 296 g/mol. The Bertz CT molecular complexity index is 597. The summed E-state index contributed by atoms with van der Waals surface area (Å²) in [5, 5.41) is 7.00. The molecule has 0 saturated carbocycles. The number of anilines is 1. The van der Waals surface area contributed by atoms with E-state index < -0.39 is 0 Å². The van der Waals surface area contributed by atoms with Gasteiger partial charge in [-0.15, -0.1) is 11.3 Å². The van der Waals surface area contributed by atoms with Crippen molar-refractivity contribution in [3.63, 3.8) is 0 Å². The van der Waals surface area contributed by atoms with Crippen LogP contribution in [0, 0.1) is 13.8 Å². The van der Waals surface area contributed by atoms with E-state index in [2.05, 4.69) is 15.6 Å². The lowest BCUT2D eigenvalue weighted by atomic mass is 10.2. The van der Waals surface area contributed by atoms with Crippen molar-refractivity contribution in [3.05, 3.63) is 44.9 Å². The summed E-state index contributed by atoms with van der Waals surface area (Å²) < 4.78 is 0. The molecule has 0 fully saturated rings. The maximum Gasteiger partial charge on any atom is 0.319 e. The van der Waals surface area contributed by atoms with Crippen molar-refractivity contribution in [1.82, 2.24) is 10.3 Å². The first-order valence-electron chi connectivity index (χ1n) is 5.77. The summed E-state index contributed by atoms with van der Waals surface area (Å²) in [6.07, 6.45) is 1.76. The Balaban J connectivity index is 1.90. The molecule has 4 nitrogen and oxygen atoms in total. The van der Waals surface area contributed by atoms with Gasteiger partial charge < -0.3 is 10.6 Å². The summed E-state index contributed by atoms with van der Waals surface area (Å²) in [6.45, 7) is 4.34. The fourth-order valence-corrected chi connectivity index (χ4v) is 2.56. The molecule has 0 aliphatic carbocycles. The predicted molar refractivity (Wildman–Crippen MR) is 78.9 cm³/mol. The zero-order chi connectivity index (χ0) is 13.8. The van der Waals surface area contributed by atoms with Crippen LogP contribution in [0.3, 0.4) is 0 Å². The van der Waals surface area contributed by atoms with E-state index in [-0.39, 0.29) is 6.03 Å². The average Bonchev–Trinajstić information content (AvgIpc) is 2.76. The molecule has 1 heterocycles. The molecule has 2 rings (SSSR count). The van der Waals surface area contributed by atoms with Gasteiger partial charge in [0, 0.05) is 11.1 Å². The SMILES string of the molecule is Cc1ccc(NC(=O)NCc2cnc(C)s2)c(Cl)c1. The summed E-state index contributed by atoms with van der Waals surface area (Å²) in [4.78, 5) is 16.9. The van der Waals surface area contributed by atoms with Crippen LogP contribution in [0.15, 0.2) is 24.4 Å². The molecule has 0 unspecified atom stereocenters. The van der Waals surface area contributed by atoms with E-state index in [1.807, 2.05) is 26.0 Å². The number of nitrogens with one attached hydrogen (secondary N) is 2. The lowest BCUT2D eigenvalue weighted by Gasteiger charge is -2.08. The molecule has 0 saturated heterocycles. The van der Waals surface area contributed by atoms with E-state index in [0.717, 1.165) is 15.4 Å². The number of hydrogen-bond acceptors (Lipinski definition) is 3. The molecular weight excluding hydrogens is 282 g/mol. The van der Waals surface area contributed by atoms with E-state index in [1.165, 1.54) is 0 Å². The molecule has 2 amide bonds. The highest BCUT2D eigenvalue weighted by atomic mass is 35.5. The molecule has 1 aromatic heterocycles. The summed E-state index contributed by atoms with van der Waals surface area (Å²) >= 11 is 7.61. The number of carbonyl (C=O) groups is 1. The maximum absolute atomic E-state index is 11.7. The van der Waals surface area contributed by atoms with Crippen molar-refractivity contribution in [2.24, 2.45) is 0 Å². The number of benzene rings is 1. The Morgan fingerprint density at radius 2 is 2.21 bits per heavy atom. The molecule has 0 aliphatic rings. The number of rotatable bonds is 3. The van der Waals surface area contributed by atoms with Gasteiger partial charge in [0.25, 0.3) is 0 Å². The van der Waals surface area contributed by atoms with Crippen molar-refractivity contribution in [2.45, 2.75) is 20.4 Å². The molecule has 100 valence electrons. The van der Waals surface area contributed by atoms with Crippen molar-refractivity contribution < 1.29 is 4.79 Å². The van der Waals surface area contributed by atoms with Gasteiger partial charge in [-0.1, -0.05) is 17.7 Å². The summed E-state index contributed by atoms with van der Waals surface area (Å²) in [6, 6.07) is 5.21. The lowest BCUT2D eigenvalue weighted by molar-refractivity contribution is 0.252. The molecule has 6 heteroatoms. The molecule has 0 radical (unpaired) electrons.